The van der Waals surface area contributed by atoms with E-state index in [2.05, 4.69) is 24.1 Å². The van der Waals surface area contributed by atoms with Gasteiger partial charge in [0.15, 0.2) is 0 Å². The number of nitrogens with one attached hydrogen (secondary N) is 1. The van der Waals surface area contributed by atoms with Gasteiger partial charge >= 0.3 is 0 Å². The molecule has 3 unspecified atom stereocenters. The summed E-state index contributed by atoms with van der Waals surface area (Å²) in [5.74, 6) is 1.93. The molecule has 0 aromatic carbocycles. The molecule has 3 heteroatoms. The van der Waals surface area contributed by atoms with Crippen molar-refractivity contribution in [1.29, 1.82) is 0 Å². The number of rotatable bonds is 7. The maximum Gasteiger partial charge on any atom is 0.0593 e. The first-order chi connectivity index (χ1) is 8.35. The summed E-state index contributed by atoms with van der Waals surface area (Å²) >= 11 is 0. The highest BCUT2D eigenvalue weighted by atomic mass is 16.5. The molecule has 17 heavy (non-hydrogen) atoms. The summed E-state index contributed by atoms with van der Waals surface area (Å²) in [4.78, 5) is 2.54. The van der Waals surface area contributed by atoms with E-state index < -0.39 is 0 Å². The largest absolute Gasteiger partial charge is 0.380 e. The van der Waals surface area contributed by atoms with Gasteiger partial charge in [-0.15, -0.1) is 0 Å². The van der Waals surface area contributed by atoms with Crippen LogP contribution in [0.1, 0.15) is 33.1 Å². The molecule has 1 heterocycles. The van der Waals surface area contributed by atoms with Gasteiger partial charge in [0.2, 0.25) is 0 Å². The first-order valence-electron chi connectivity index (χ1n) is 7.38. The average molecular weight is 240 g/mol. The number of ether oxygens (including phenoxy) is 1. The zero-order valence-electron chi connectivity index (χ0n) is 11.5. The van der Waals surface area contributed by atoms with Crippen LogP contribution in [0.25, 0.3) is 0 Å². The maximum atomic E-state index is 5.45. The SMILES string of the molecule is CCOCCN(CC)CC1NCC2CCCC21. The predicted octanol–water partition coefficient (Wildman–Crippen LogP) is 1.73. The van der Waals surface area contributed by atoms with Gasteiger partial charge < -0.3 is 10.1 Å². The molecule has 1 aliphatic carbocycles. The molecule has 1 N–H and O–H groups in total. The van der Waals surface area contributed by atoms with E-state index in [1.165, 1.54) is 32.4 Å². The molecular weight excluding hydrogens is 212 g/mol. The third-order valence-electron chi connectivity index (χ3n) is 4.54. The van der Waals surface area contributed by atoms with E-state index in [1.807, 2.05) is 0 Å². The van der Waals surface area contributed by atoms with E-state index in [-0.39, 0.29) is 0 Å². The van der Waals surface area contributed by atoms with Crippen molar-refractivity contribution in [2.75, 3.05) is 39.4 Å². The standard InChI is InChI=1S/C14H28N2O/c1-3-16(8-9-17-4-2)11-14-13-7-5-6-12(13)10-15-14/h12-15H,3-11H2,1-2H3. The van der Waals surface area contributed by atoms with Gasteiger partial charge in [-0.05, 0) is 44.7 Å². The Balaban J connectivity index is 1.74. The summed E-state index contributed by atoms with van der Waals surface area (Å²) in [7, 11) is 0. The molecule has 0 aromatic rings. The highest BCUT2D eigenvalue weighted by molar-refractivity contribution is 4.95. The topological polar surface area (TPSA) is 24.5 Å². The fourth-order valence-corrected chi connectivity index (χ4v) is 3.50. The van der Waals surface area contributed by atoms with Crippen molar-refractivity contribution in [3.05, 3.63) is 0 Å². The minimum absolute atomic E-state index is 0.740. The van der Waals surface area contributed by atoms with Gasteiger partial charge in [0.1, 0.15) is 0 Å². The van der Waals surface area contributed by atoms with E-state index >= 15 is 0 Å². The van der Waals surface area contributed by atoms with Crippen LogP contribution in [-0.4, -0.2) is 50.3 Å². The summed E-state index contributed by atoms with van der Waals surface area (Å²) in [6.45, 7) is 10.7. The second-order valence-corrected chi connectivity index (χ2v) is 5.46. The molecule has 100 valence electrons. The van der Waals surface area contributed by atoms with Crippen molar-refractivity contribution >= 4 is 0 Å². The lowest BCUT2D eigenvalue weighted by Gasteiger charge is -2.27. The Morgan fingerprint density at radius 2 is 2.18 bits per heavy atom. The van der Waals surface area contributed by atoms with Gasteiger partial charge in [0.25, 0.3) is 0 Å². The fourth-order valence-electron chi connectivity index (χ4n) is 3.50. The van der Waals surface area contributed by atoms with E-state index in [0.29, 0.717) is 0 Å². The molecular formula is C14H28N2O. The summed E-state index contributed by atoms with van der Waals surface area (Å²) in [5.41, 5.74) is 0. The Morgan fingerprint density at radius 3 is 2.94 bits per heavy atom. The molecule has 0 aromatic heterocycles. The van der Waals surface area contributed by atoms with Crippen LogP contribution in [0.15, 0.2) is 0 Å². The van der Waals surface area contributed by atoms with Crippen LogP contribution in [0.4, 0.5) is 0 Å². The third-order valence-corrected chi connectivity index (χ3v) is 4.54. The van der Waals surface area contributed by atoms with Crippen LogP contribution in [0.3, 0.4) is 0 Å². The van der Waals surface area contributed by atoms with Gasteiger partial charge in [-0.25, -0.2) is 0 Å². The zero-order valence-corrected chi connectivity index (χ0v) is 11.5. The first kappa shape index (κ1) is 13.3. The Labute approximate surface area is 106 Å². The lowest BCUT2D eigenvalue weighted by molar-refractivity contribution is 0.109. The number of likely N-dealkylation sites (N-methyl/N-ethyl adjacent to an activating group) is 1. The molecule has 3 nitrogen and oxygen atoms in total. The minimum Gasteiger partial charge on any atom is -0.380 e. The molecule has 0 radical (unpaired) electrons. The first-order valence-corrected chi connectivity index (χ1v) is 7.38. The van der Waals surface area contributed by atoms with Crippen molar-refractivity contribution in [1.82, 2.24) is 10.2 Å². The van der Waals surface area contributed by atoms with Gasteiger partial charge in [-0.3, -0.25) is 4.90 Å². The highest BCUT2D eigenvalue weighted by Crippen LogP contribution is 2.37. The number of hydrogen-bond donors (Lipinski definition) is 1. The van der Waals surface area contributed by atoms with Crippen molar-refractivity contribution in [3.63, 3.8) is 0 Å². The molecule has 2 rings (SSSR count). The Morgan fingerprint density at radius 1 is 1.29 bits per heavy atom. The molecule has 1 saturated heterocycles. The van der Waals surface area contributed by atoms with E-state index in [9.17, 15) is 0 Å². The Bertz CT molecular complexity index is 222. The second kappa shape index (κ2) is 6.72. The van der Waals surface area contributed by atoms with Crippen LogP contribution >= 0.6 is 0 Å². The van der Waals surface area contributed by atoms with Crippen LogP contribution in [0.2, 0.25) is 0 Å². The van der Waals surface area contributed by atoms with Gasteiger partial charge in [-0.2, -0.15) is 0 Å². The highest BCUT2D eigenvalue weighted by Gasteiger charge is 2.39. The lowest BCUT2D eigenvalue weighted by Crippen LogP contribution is -2.41. The Kier molecular flexibility index (Phi) is 5.26. The molecule has 0 bridgehead atoms. The van der Waals surface area contributed by atoms with Crippen LogP contribution in [0, 0.1) is 11.8 Å². The molecule has 0 amide bonds. The van der Waals surface area contributed by atoms with Crippen LogP contribution in [-0.2, 0) is 4.74 Å². The van der Waals surface area contributed by atoms with Crippen LogP contribution in [0.5, 0.6) is 0 Å². The van der Waals surface area contributed by atoms with Crippen molar-refractivity contribution < 1.29 is 4.74 Å². The summed E-state index contributed by atoms with van der Waals surface area (Å²) in [6, 6.07) is 0.740. The molecule has 3 atom stereocenters. The van der Waals surface area contributed by atoms with E-state index in [4.69, 9.17) is 4.74 Å². The van der Waals surface area contributed by atoms with Crippen molar-refractivity contribution in [2.45, 2.75) is 39.2 Å². The maximum absolute atomic E-state index is 5.45. The quantitative estimate of drug-likeness (QED) is 0.686. The van der Waals surface area contributed by atoms with Crippen molar-refractivity contribution in [3.8, 4) is 0 Å². The fraction of sp³-hybridized carbons (Fsp3) is 1.00. The van der Waals surface area contributed by atoms with Gasteiger partial charge in [-0.1, -0.05) is 13.3 Å². The van der Waals surface area contributed by atoms with Crippen LogP contribution < -0.4 is 5.32 Å². The lowest BCUT2D eigenvalue weighted by atomic mass is 9.94. The summed E-state index contributed by atoms with van der Waals surface area (Å²) in [5, 5.41) is 3.73. The van der Waals surface area contributed by atoms with Gasteiger partial charge in [0.05, 0.1) is 6.61 Å². The minimum atomic E-state index is 0.740. The average Bonchev–Trinajstić information content (AvgIpc) is 2.92. The number of hydrogen-bond acceptors (Lipinski definition) is 3. The number of fused-ring (bicyclic) bond motifs is 1. The molecule has 1 saturated carbocycles. The molecule has 2 aliphatic rings. The third kappa shape index (κ3) is 3.43. The zero-order chi connectivity index (χ0) is 12.1. The van der Waals surface area contributed by atoms with Gasteiger partial charge in [0, 0.05) is 25.7 Å². The monoisotopic (exact) mass is 240 g/mol. The van der Waals surface area contributed by atoms with Crippen molar-refractivity contribution in [2.24, 2.45) is 11.8 Å². The number of nitrogens with zero attached hydrogens (tertiary/aromatic N) is 1. The normalized spacial score (nSPS) is 32.3. The van der Waals surface area contributed by atoms with E-state index in [1.54, 1.807) is 0 Å². The second-order valence-electron chi connectivity index (χ2n) is 5.46. The summed E-state index contributed by atoms with van der Waals surface area (Å²) in [6.07, 6.45) is 4.36. The summed E-state index contributed by atoms with van der Waals surface area (Å²) < 4.78 is 5.45. The molecule has 0 spiro atoms. The molecule has 2 fully saturated rings. The Hall–Kier alpha value is -0.120. The molecule has 1 aliphatic heterocycles. The smallest absolute Gasteiger partial charge is 0.0593 e. The van der Waals surface area contributed by atoms with E-state index in [0.717, 1.165) is 44.2 Å². The predicted molar refractivity (Wildman–Crippen MR) is 71.2 cm³/mol.